The molecule has 0 aliphatic carbocycles. The molecule has 0 radical (unpaired) electrons. The van der Waals surface area contributed by atoms with Crippen molar-refractivity contribution in [1.29, 1.82) is 0 Å². The molecule has 1 saturated heterocycles. The number of amides is 2. The van der Waals surface area contributed by atoms with Crippen LogP contribution >= 0.6 is 11.8 Å². The van der Waals surface area contributed by atoms with E-state index >= 15 is 0 Å². The minimum Gasteiger partial charge on any atom is -0.485 e. The van der Waals surface area contributed by atoms with Crippen molar-refractivity contribution >= 4 is 34.7 Å². The highest BCUT2D eigenvalue weighted by atomic mass is 32.2. The molecule has 0 unspecified atom stereocenters. The molecule has 1 fully saturated rings. The maximum absolute atomic E-state index is 13.3. The molecule has 1 heterocycles. The number of Topliss-reactive ketones (excluding diaryl/α,β-unsaturated/α-hetero) is 1. The van der Waals surface area contributed by atoms with Crippen LogP contribution < -0.4 is 10.1 Å². The number of imide groups is 1. The largest absolute Gasteiger partial charge is 0.485 e. The summed E-state index contributed by atoms with van der Waals surface area (Å²) in [5.41, 5.74) is 1.54. The lowest BCUT2D eigenvalue weighted by molar-refractivity contribution is -0.150. The van der Waals surface area contributed by atoms with Crippen LogP contribution in [0.1, 0.15) is 21.5 Å². The van der Waals surface area contributed by atoms with Crippen LogP contribution in [-0.2, 0) is 27.4 Å². The number of hydrogen-bond acceptors (Lipinski definition) is 7. The van der Waals surface area contributed by atoms with Gasteiger partial charge in [-0.1, -0.05) is 54.6 Å². The fraction of sp³-hybridized carbons (Fsp3) is 0.154. The van der Waals surface area contributed by atoms with Crippen molar-refractivity contribution in [1.82, 2.24) is 5.32 Å². The quantitative estimate of drug-likeness (QED) is 0.272. The molecule has 4 rings (SSSR count). The summed E-state index contributed by atoms with van der Waals surface area (Å²) in [5.74, 6) is -2.06. The van der Waals surface area contributed by atoms with Gasteiger partial charge in [0.2, 0.25) is 4.75 Å². The number of nitrogens with one attached hydrogen (secondary N) is 1. The van der Waals surface area contributed by atoms with Gasteiger partial charge in [-0.2, -0.15) is 0 Å². The van der Waals surface area contributed by atoms with E-state index in [-0.39, 0.29) is 31.0 Å². The van der Waals surface area contributed by atoms with Gasteiger partial charge in [-0.05, 0) is 47.2 Å². The number of thioether (sulfide) groups is 1. The first-order valence-corrected chi connectivity index (χ1v) is 11.4. The molecule has 1 aliphatic heterocycles. The summed E-state index contributed by atoms with van der Waals surface area (Å²) in [6.07, 6.45) is -0.0780. The zero-order chi connectivity index (χ0) is 24.8. The molecule has 9 heteroatoms. The van der Waals surface area contributed by atoms with E-state index in [1.54, 1.807) is 48.5 Å². The molecule has 1 aliphatic rings. The predicted molar refractivity (Wildman–Crippen MR) is 126 cm³/mol. The second-order valence-corrected chi connectivity index (χ2v) is 9.05. The first-order chi connectivity index (χ1) is 16.9. The second-order valence-electron chi connectivity index (χ2n) is 7.78. The minimum absolute atomic E-state index is 0.0322. The molecule has 0 spiro atoms. The molecule has 35 heavy (non-hydrogen) atoms. The number of carbonyl (C=O) groups is 4. The van der Waals surface area contributed by atoms with E-state index in [1.165, 1.54) is 18.2 Å². The van der Waals surface area contributed by atoms with Gasteiger partial charge < -0.3 is 9.47 Å². The number of hydrogen-bond donors (Lipinski definition) is 1. The maximum Gasteiger partial charge on any atom is 0.333 e. The van der Waals surface area contributed by atoms with Crippen molar-refractivity contribution < 1.29 is 33.0 Å². The van der Waals surface area contributed by atoms with Gasteiger partial charge in [0.15, 0.2) is 12.4 Å². The summed E-state index contributed by atoms with van der Waals surface area (Å²) in [6.45, 7) is -0.319. The molecule has 0 aromatic heterocycles. The van der Waals surface area contributed by atoms with Gasteiger partial charge >= 0.3 is 5.97 Å². The molecule has 178 valence electrons. The van der Waals surface area contributed by atoms with E-state index in [0.717, 1.165) is 11.6 Å². The van der Waals surface area contributed by atoms with Crippen LogP contribution in [0, 0.1) is 5.82 Å². The Labute approximate surface area is 204 Å². The molecule has 7 nitrogen and oxygen atoms in total. The number of carbonyl (C=O) groups excluding carboxylic acids is 4. The van der Waals surface area contributed by atoms with Gasteiger partial charge in [0.05, 0.1) is 0 Å². The fourth-order valence-electron chi connectivity index (χ4n) is 3.47. The van der Waals surface area contributed by atoms with Crippen LogP contribution in [0.15, 0.2) is 78.9 Å². The van der Waals surface area contributed by atoms with Gasteiger partial charge in [0.1, 0.15) is 18.2 Å². The van der Waals surface area contributed by atoms with Crippen LogP contribution in [0.25, 0.3) is 0 Å². The lowest BCUT2D eigenvalue weighted by Gasteiger charge is -2.22. The zero-order valence-electron chi connectivity index (χ0n) is 18.4. The Morgan fingerprint density at radius 3 is 2.31 bits per heavy atom. The first-order valence-electron chi connectivity index (χ1n) is 10.6. The highest BCUT2D eigenvalue weighted by Crippen LogP contribution is 2.37. The molecule has 2 amide bonds. The Balaban J connectivity index is 1.42. The third-order valence-corrected chi connectivity index (χ3v) is 6.42. The predicted octanol–water partition coefficient (Wildman–Crippen LogP) is 4.10. The molecule has 3 aromatic carbocycles. The van der Waals surface area contributed by atoms with E-state index in [4.69, 9.17) is 9.47 Å². The zero-order valence-corrected chi connectivity index (χ0v) is 19.2. The van der Waals surface area contributed by atoms with Crippen LogP contribution in [0.4, 0.5) is 9.18 Å². The van der Waals surface area contributed by atoms with Gasteiger partial charge in [-0.15, -0.1) is 0 Å². The number of rotatable bonds is 9. The fourth-order valence-corrected chi connectivity index (χ4v) is 4.46. The van der Waals surface area contributed by atoms with Crippen LogP contribution in [-0.4, -0.2) is 34.3 Å². The molecule has 3 aromatic rings. The average Bonchev–Trinajstić information content (AvgIpc) is 3.15. The monoisotopic (exact) mass is 493 g/mol. The van der Waals surface area contributed by atoms with Crippen molar-refractivity contribution in [2.75, 3.05) is 6.61 Å². The lowest BCUT2D eigenvalue weighted by atomic mass is 9.97. The van der Waals surface area contributed by atoms with Crippen molar-refractivity contribution in [2.45, 2.75) is 17.8 Å². The highest BCUT2D eigenvalue weighted by Gasteiger charge is 2.55. The maximum atomic E-state index is 13.3. The Bertz CT molecular complexity index is 1260. The lowest BCUT2D eigenvalue weighted by Crippen LogP contribution is -2.46. The second kappa shape index (κ2) is 10.5. The number of benzene rings is 3. The van der Waals surface area contributed by atoms with Crippen molar-refractivity contribution in [3.63, 3.8) is 0 Å². The summed E-state index contributed by atoms with van der Waals surface area (Å²) < 4.78 is 22.4. The SMILES string of the molecule is O=C1NC(=O)[C@](Cc2ccc(OCC(=O)c3cccc(F)c3)cc2)(C(=O)OCc2ccccc2)S1. The summed E-state index contributed by atoms with van der Waals surface area (Å²) >= 11 is 0.596. The number of esters is 1. The van der Waals surface area contributed by atoms with Crippen LogP contribution in [0.5, 0.6) is 5.75 Å². The minimum atomic E-state index is -1.75. The summed E-state index contributed by atoms with van der Waals surface area (Å²) in [7, 11) is 0. The Kier molecular flexibility index (Phi) is 7.26. The van der Waals surface area contributed by atoms with Gasteiger partial charge in [-0.3, -0.25) is 19.7 Å². The highest BCUT2D eigenvalue weighted by molar-refractivity contribution is 8.16. The van der Waals surface area contributed by atoms with E-state index < -0.39 is 27.7 Å². The normalized spacial score (nSPS) is 17.1. The van der Waals surface area contributed by atoms with E-state index in [0.29, 0.717) is 23.1 Å². The number of ether oxygens (including phenoxy) is 2. The molecular weight excluding hydrogens is 473 g/mol. The third-order valence-electron chi connectivity index (χ3n) is 5.28. The average molecular weight is 494 g/mol. The van der Waals surface area contributed by atoms with Gasteiger partial charge in [-0.25, -0.2) is 9.18 Å². The smallest absolute Gasteiger partial charge is 0.333 e. The first kappa shape index (κ1) is 24.2. The Morgan fingerprint density at radius 2 is 1.66 bits per heavy atom. The summed E-state index contributed by atoms with van der Waals surface area (Å²) in [6, 6.07) is 20.7. The van der Waals surface area contributed by atoms with Crippen LogP contribution in [0.3, 0.4) is 0 Å². The Hall–Kier alpha value is -3.98. The summed E-state index contributed by atoms with van der Waals surface area (Å²) in [4.78, 5) is 49.7. The molecule has 1 atom stereocenters. The number of ketones is 1. The van der Waals surface area contributed by atoms with Gasteiger partial charge in [0, 0.05) is 12.0 Å². The molecule has 1 N–H and O–H groups in total. The van der Waals surface area contributed by atoms with Crippen molar-refractivity contribution in [2.24, 2.45) is 0 Å². The Morgan fingerprint density at radius 1 is 0.914 bits per heavy atom. The topological polar surface area (TPSA) is 98.8 Å². The van der Waals surface area contributed by atoms with E-state index in [2.05, 4.69) is 5.32 Å². The summed E-state index contributed by atoms with van der Waals surface area (Å²) in [5, 5.41) is 1.54. The van der Waals surface area contributed by atoms with Crippen molar-refractivity contribution in [3.05, 3.63) is 101 Å². The van der Waals surface area contributed by atoms with E-state index in [9.17, 15) is 23.6 Å². The third kappa shape index (κ3) is 5.75. The molecule has 0 bridgehead atoms. The molecule has 0 saturated carbocycles. The standard InChI is InChI=1S/C26H20FNO6S/c27-20-8-4-7-19(13-20)22(29)16-33-21-11-9-17(10-12-21)14-26(23(30)28-25(32)35-26)24(31)34-15-18-5-2-1-3-6-18/h1-13H,14-16H2,(H,28,30,32)/t26-/m1/s1. The van der Waals surface area contributed by atoms with Crippen LogP contribution in [0.2, 0.25) is 0 Å². The van der Waals surface area contributed by atoms with E-state index in [1.807, 2.05) is 6.07 Å². The van der Waals surface area contributed by atoms with Gasteiger partial charge in [0.25, 0.3) is 11.1 Å². The van der Waals surface area contributed by atoms with Crippen molar-refractivity contribution in [3.8, 4) is 5.75 Å². The number of halogens is 1. The molecular formula is C26H20FNO6S.